The van der Waals surface area contributed by atoms with Crippen molar-refractivity contribution < 1.29 is 13.2 Å². The fraction of sp³-hybridized carbons (Fsp3) is 0.308. The Labute approximate surface area is 122 Å². The third-order valence-corrected chi connectivity index (χ3v) is 4.20. The molecule has 0 saturated heterocycles. The summed E-state index contributed by atoms with van der Waals surface area (Å²) in [5.41, 5.74) is 1.04. The number of hydrogen-bond donors (Lipinski definition) is 2. The summed E-state index contributed by atoms with van der Waals surface area (Å²) in [6, 6.07) is 6.26. The lowest BCUT2D eigenvalue weighted by molar-refractivity contribution is 0.0930. The Morgan fingerprint density at radius 1 is 1.33 bits per heavy atom. The molecule has 0 aliphatic heterocycles. The minimum Gasteiger partial charge on any atom is -0.344 e. The molecule has 0 unspecified atom stereocenters. The molecule has 0 fully saturated rings. The molecular formula is C13H16N4O3S. The summed E-state index contributed by atoms with van der Waals surface area (Å²) < 4.78 is 22.9. The van der Waals surface area contributed by atoms with Gasteiger partial charge in [-0.05, 0) is 24.1 Å². The molecule has 2 N–H and O–H groups in total. The van der Waals surface area contributed by atoms with Crippen LogP contribution in [0.3, 0.4) is 0 Å². The van der Waals surface area contributed by atoms with Crippen molar-refractivity contribution in [2.24, 2.45) is 0 Å². The van der Waals surface area contributed by atoms with Crippen molar-refractivity contribution >= 4 is 15.7 Å². The van der Waals surface area contributed by atoms with Crippen molar-refractivity contribution in [1.29, 1.82) is 0 Å². The monoisotopic (exact) mass is 308 g/mol. The molecular weight excluding hydrogens is 292 g/mol. The summed E-state index contributed by atoms with van der Waals surface area (Å²) in [5.74, 6) is -0.331. The summed E-state index contributed by atoms with van der Waals surface area (Å²) in [5, 5.41) is 12.5. The van der Waals surface area contributed by atoms with E-state index in [0.717, 1.165) is 11.8 Å². The molecule has 1 atom stereocenters. The zero-order valence-corrected chi connectivity index (χ0v) is 12.5. The van der Waals surface area contributed by atoms with E-state index < -0.39 is 9.84 Å². The number of benzene rings is 1. The average Bonchev–Trinajstić information content (AvgIpc) is 2.98. The standard InChI is InChI=1S/C13H16N4O3S/c1-3-11(15-13(18)12-8-14-17-16-12)9-4-6-10(7-5-9)21(2,19)20/h4-8,11H,3H2,1-2H3,(H,15,18)(H,14,16,17)/t11-/m1/s1. The molecule has 7 nitrogen and oxygen atoms in total. The number of aromatic nitrogens is 3. The Morgan fingerprint density at radius 3 is 2.48 bits per heavy atom. The van der Waals surface area contributed by atoms with Crippen LogP contribution in [-0.4, -0.2) is 36.0 Å². The predicted molar refractivity (Wildman–Crippen MR) is 76.4 cm³/mol. The fourth-order valence-corrected chi connectivity index (χ4v) is 2.54. The molecule has 21 heavy (non-hydrogen) atoms. The van der Waals surface area contributed by atoms with E-state index in [1.54, 1.807) is 12.1 Å². The Balaban J connectivity index is 2.16. The topological polar surface area (TPSA) is 105 Å². The van der Waals surface area contributed by atoms with Gasteiger partial charge in [0.1, 0.15) is 0 Å². The molecule has 1 heterocycles. The van der Waals surface area contributed by atoms with Gasteiger partial charge in [0, 0.05) is 6.26 Å². The van der Waals surface area contributed by atoms with Gasteiger partial charge >= 0.3 is 0 Å². The SMILES string of the molecule is CC[C@@H](NC(=O)c1cn[nH]n1)c1ccc(S(C)(=O)=O)cc1. The number of carbonyl (C=O) groups excluding carboxylic acids is 1. The number of sulfone groups is 1. The average molecular weight is 308 g/mol. The van der Waals surface area contributed by atoms with E-state index in [-0.39, 0.29) is 22.5 Å². The molecule has 2 aromatic rings. The lowest BCUT2D eigenvalue weighted by Crippen LogP contribution is -2.28. The van der Waals surface area contributed by atoms with Crippen molar-refractivity contribution in [3.63, 3.8) is 0 Å². The minimum atomic E-state index is -3.22. The lowest BCUT2D eigenvalue weighted by Gasteiger charge is -2.17. The van der Waals surface area contributed by atoms with E-state index in [0.29, 0.717) is 6.42 Å². The van der Waals surface area contributed by atoms with Gasteiger partial charge in [-0.15, -0.1) is 0 Å². The summed E-state index contributed by atoms with van der Waals surface area (Å²) in [4.78, 5) is 12.2. The van der Waals surface area contributed by atoms with Gasteiger partial charge in [-0.1, -0.05) is 19.1 Å². The van der Waals surface area contributed by atoms with Crippen molar-refractivity contribution in [3.05, 3.63) is 41.7 Å². The maximum absolute atomic E-state index is 11.9. The highest BCUT2D eigenvalue weighted by Gasteiger charge is 2.16. The minimum absolute atomic E-state index is 0.209. The zero-order chi connectivity index (χ0) is 15.5. The second-order valence-corrected chi connectivity index (χ2v) is 6.65. The van der Waals surface area contributed by atoms with E-state index in [4.69, 9.17) is 0 Å². The zero-order valence-electron chi connectivity index (χ0n) is 11.7. The molecule has 0 aliphatic carbocycles. The van der Waals surface area contributed by atoms with Gasteiger partial charge < -0.3 is 5.32 Å². The van der Waals surface area contributed by atoms with Crippen molar-refractivity contribution in [2.75, 3.05) is 6.26 Å². The first kappa shape index (κ1) is 15.2. The van der Waals surface area contributed by atoms with Crippen LogP contribution in [0, 0.1) is 0 Å². The third-order valence-electron chi connectivity index (χ3n) is 3.07. The normalized spacial score (nSPS) is 12.9. The summed E-state index contributed by atoms with van der Waals surface area (Å²) >= 11 is 0. The van der Waals surface area contributed by atoms with Crippen LogP contribution in [0.2, 0.25) is 0 Å². The number of carbonyl (C=O) groups is 1. The van der Waals surface area contributed by atoms with Gasteiger partial charge in [0.25, 0.3) is 5.91 Å². The highest BCUT2D eigenvalue weighted by molar-refractivity contribution is 7.90. The van der Waals surface area contributed by atoms with Crippen LogP contribution < -0.4 is 5.32 Å². The van der Waals surface area contributed by atoms with Crippen LogP contribution in [-0.2, 0) is 9.84 Å². The second-order valence-electron chi connectivity index (χ2n) is 4.63. The summed E-state index contributed by atoms with van der Waals surface area (Å²) in [6.07, 6.45) is 3.17. The van der Waals surface area contributed by atoms with Gasteiger partial charge in [0.2, 0.25) is 0 Å². The Bertz CT molecular complexity index is 708. The molecule has 0 aliphatic rings. The molecule has 1 amide bonds. The van der Waals surface area contributed by atoms with Gasteiger partial charge in [-0.3, -0.25) is 4.79 Å². The third kappa shape index (κ3) is 3.66. The maximum atomic E-state index is 11.9. The number of nitrogens with zero attached hydrogens (tertiary/aromatic N) is 2. The fourth-order valence-electron chi connectivity index (χ4n) is 1.91. The van der Waals surface area contributed by atoms with E-state index in [1.165, 1.54) is 18.3 Å². The first-order valence-electron chi connectivity index (χ1n) is 6.38. The maximum Gasteiger partial charge on any atom is 0.273 e. The van der Waals surface area contributed by atoms with Crippen LogP contribution in [0.1, 0.15) is 35.4 Å². The number of rotatable bonds is 5. The number of aromatic amines is 1. The number of nitrogens with one attached hydrogen (secondary N) is 2. The molecule has 1 aromatic heterocycles. The summed E-state index contributed by atoms with van der Waals surface area (Å²) in [6.45, 7) is 1.93. The van der Waals surface area contributed by atoms with Crippen molar-refractivity contribution in [3.8, 4) is 0 Å². The molecule has 1 aromatic carbocycles. The van der Waals surface area contributed by atoms with E-state index in [1.807, 2.05) is 6.92 Å². The van der Waals surface area contributed by atoms with Crippen molar-refractivity contribution in [1.82, 2.24) is 20.7 Å². The first-order chi connectivity index (χ1) is 9.91. The van der Waals surface area contributed by atoms with Gasteiger partial charge in [0.15, 0.2) is 15.5 Å². The van der Waals surface area contributed by atoms with Crippen LogP contribution in [0.15, 0.2) is 35.4 Å². The van der Waals surface area contributed by atoms with Crippen LogP contribution in [0.25, 0.3) is 0 Å². The molecule has 0 radical (unpaired) electrons. The number of hydrogen-bond acceptors (Lipinski definition) is 5. The molecule has 8 heteroatoms. The smallest absolute Gasteiger partial charge is 0.273 e. The molecule has 2 rings (SSSR count). The molecule has 0 saturated carbocycles. The second kappa shape index (κ2) is 6.04. The highest BCUT2D eigenvalue weighted by Crippen LogP contribution is 2.19. The first-order valence-corrected chi connectivity index (χ1v) is 8.27. The number of H-pyrrole nitrogens is 1. The Hall–Kier alpha value is -2.22. The Morgan fingerprint density at radius 2 is 2.00 bits per heavy atom. The largest absolute Gasteiger partial charge is 0.344 e. The lowest BCUT2D eigenvalue weighted by atomic mass is 10.0. The van der Waals surface area contributed by atoms with E-state index >= 15 is 0 Å². The highest BCUT2D eigenvalue weighted by atomic mass is 32.2. The quantitative estimate of drug-likeness (QED) is 0.860. The van der Waals surface area contributed by atoms with Crippen LogP contribution in [0.5, 0.6) is 0 Å². The van der Waals surface area contributed by atoms with Crippen molar-refractivity contribution in [2.45, 2.75) is 24.3 Å². The molecule has 0 spiro atoms. The molecule has 0 bridgehead atoms. The van der Waals surface area contributed by atoms with Gasteiger partial charge in [-0.25, -0.2) is 8.42 Å². The van der Waals surface area contributed by atoms with Gasteiger partial charge in [0.05, 0.1) is 17.1 Å². The predicted octanol–water partition coefficient (Wildman–Crippen LogP) is 1.09. The van der Waals surface area contributed by atoms with E-state index in [2.05, 4.69) is 20.7 Å². The van der Waals surface area contributed by atoms with Gasteiger partial charge in [-0.2, -0.15) is 15.4 Å². The van der Waals surface area contributed by atoms with Crippen LogP contribution >= 0.6 is 0 Å². The summed E-state index contributed by atoms with van der Waals surface area (Å²) in [7, 11) is -3.22. The molecule has 112 valence electrons. The Kier molecular flexibility index (Phi) is 4.37. The van der Waals surface area contributed by atoms with Crippen LogP contribution in [0.4, 0.5) is 0 Å². The number of amides is 1. The van der Waals surface area contributed by atoms with E-state index in [9.17, 15) is 13.2 Å².